The van der Waals surface area contributed by atoms with Gasteiger partial charge >= 0.3 is 5.97 Å². The highest BCUT2D eigenvalue weighted by atomic mass is 35.5. The average molecular weight is 297 g/mol. The van der Waals surface area contributed by atoms with Crippen molar-refractivity contribution in [3.8, 4) is 0 Å². The van der Waals surface area contributed by atoms with Gasteiger partial charge in [-0.05, 0) is 6.07 Å². The number of nitro benzene ring substituents is 1. The van der Waals surface area contributed by atoms with Crippen molar-refractivity contribution in [1.82, 2.24) is 0 Å². The van der Waals surface area contributed by atoms with Crippen LogP contribution in [0.25, 0.3) is 0 Å². The predicted octanol–water partition coefficient (Wildman–Crippen LogP) is 3.15. The van der Waals surface area contributed by atoms with E-state index in [2.05, 4.69) is 5.32 Å². The highest BCUT2D eigenvalue weighted by Gasteiger charge is 2.20. The van der Waals surface area contributed by atoms with E-state index in [4.69, 9.17) is 21.1 Å². The van der Waals surface area contributed by atoms with E-state index < -0.39 is 10.9 Å². The number of nitro groups is 1. The van der Waals surface area contributed by atoms with E-state index in [0.717, 1.165) is 17.7 Å². The molecule has 2 aromatic rings. The molecular formula is C12H9ClN2O5. The molecule has 1 heterocycles. The number of halogens is 1. The lowest BCUT2D eigenvalue weighted by molar-refractivity contribution is -0.384. The lowest BCUT2D eigenvalue weighted by atomic mass is 10.1. The first-order valence-electron chi connectivity index (χ1n) is 5.45. The summed E-state index contributed by atoms with van der Waals surface area (Å²) >= 11 is 5.91. The van der Waals surface area contributed by atoms with Gasteiger partial charge in [0.15, 0.2) is 0 Å². The zero-order chi connectivity index (χ0) is 14.7. The highest BCUT2D eigenvalue weighted by Crippen LogP contribution is 2.31. The summed E-state index contributed by atoms with van der Waals surface area (Å²) in [5, 5.41) is 22.6. The van der Waals surface area contributed by atoms with Gasteiger partial charge in [0.05, 0.1) is 33.7 Å². The minimum atomic E-state index is -1.30. The fraction of sp³-hybridized carbons (Fsp3) is 0.0833. The second-order valence-electron chi connectivity index (χ2n) is 3.90. The van der Waals surface area contributed by atoms with Crippen LogP contribution in [0.4, 0.5) is 11.4 Å². The molecule has 0 saturated carbocycles. The molecule has 0 amide bonds. The number of furan rings is 1. The number of non-ortho nitro benzene ring substituents is 1. The van der Waals surface area contributed by atoms with Gasteiger partial charge in [0.25, 0.3) is 5.69 Å². The third-order valence-electron chi connectivity index (χ3n) is 2.57. The van der Waals surface area contributed by atoms with Crippen LogP contribution in [-0.2, 0) is 6.54 Å². The Hall–Kier alpha value is -2.54. The summed E-state index contributed by atoms with van der Waals surface area (Å²) < 4.78 is 4.88. The van der Waals surface area contributed by atoms with Crippen molar-refractivity contribution in [3.63, 3.8) is 0 Å². The maximum atomic E-state index is 11.2. The van der Waals surface area contributed by atoms with Gasteiger partial charge in [-0.15, -0.1) is 0 Å². The van der Waals surface area contributed by atoms with Crippen molar-refractivity contribution >= 4 is 28.9 Å². The van der Waals surface area contributed by atoms with Crippen LogP contribution >= 0.6 is 11.6 Å². The van der Waals surface area contributed by atoms with Crippen molar-refractivity contribution in [2.45, 2.75) is 6.54 Å². The van der Waals surface area contributed by atoms with Crippen molar-refractivity contribution < 1.29 is 19.2 Å². The number of hydrogen-bond donors (Lipinski definition) is 2. The van der Waals surface area contributed by atoms with Crippen molar-refractivity contribution in [2.75, 3.05) is 5.32 Å². The van der Waals surface area contributed by atoms with Gasteiger partial charge in [-0.3, -0.25) is 10.1 Å². The first-order valence-corrected chi connectivity index (χ1v) is 5.83. The Morgan fingerprint density at radius 2 is 2.25 bits per heavy atom. The van der Waals surface area contributed by atoms with Gasteiger partial charge < -0.3 is 14.8 Å². The molecule has 1 aromatic carbocycles. The quantitative estimate of drug-likeness (QED) is 0.648. The molecule has 104 valence electrons. The van der Waals surface area contributed by atoms with Crippen LogP contribution in [0.1, 0.15) is 15.9 Å². The lowest BCUT2D eigenvalue weighted by Gasteiger charge is -2.10. The topological polar surface area (TPSA) is 106 Å². The molecule has 0 aliphatic heterocycles. The number of nitrogens with one attached hydrogen (secondary N) is 1. The summed E-state index contributed by atoms with van der Waals surface area (Å²) in [5.41, 5.74) is 0.288. The number of aromatic carboxylic acids is 1. The lowest BCUT2D eigenvalue weighted by Crippen LogP contribution is -2.07. The third-order valence-corrected chi connectivity index (χ3v) is 2.86. The van der Waals surface area contributed by atoms with E-state index in [1.165, 1.54) is 12.5 Å². The van der Waals surface area contributed by atoms with Crippen molar-refractivity contribution in [3.05, 3.63) is 57.0 Å². The van der Waals surface area contributed by atoms with Gasteiger partial charge in [-0.25, -0.2) is 4.79 Å². The highest BCUT2D eigenvalue weighted by molar-refractivity contribution is 6.34. The zero-order valence-corrected chi connectivity index (χ0v) is 10.8. The van der Waals surface area contributed by atoms with E-state index >= 15 is 0 Å². The summed E-state index contributed by atoms with van der Waals surface area (Å²) in [6.45, 7) is 0.286. The summed E-state index contributed by atoms with van der Waals surface area (Å²) in [6, 6.07) is 3.77. The number of carboxylic acids is 1. The minimum Gasteiger partial charge on any atom is -0.478 e. The molecule has 0 bridgehead atoms. The monoisotopic (exact) mass is 296 g/mol. The minimum absolute atomic E-state index is 0.0277. The summed E-state index contributed by atoms with van der Waals surface area (Å²) in [6.07, 6.45) is 2.97. The van der Waals surface area contributed by atoms with Gasteiger partial charge in [-0.1, -0.05) is 11.6 Å². The Kier molecular flexibility index (Phi) is 3.90. The molecule has 0 unspecified atom stereocenters. The number of carboxylic acid groups (broad SMARTS) is 1. The normalized spacial score (nSPS) is 10.2. The molecule has 0 saturated heterocycles. The first kappa shape index (κ1) is 13.9. The summed E-state index contributed by atoms with van der Waals surface area (Å²) in [4.78, 5) is 21.2. The molecule has 0 aliphatic rings. The second-order valence-corrected chi connectivity index (χ2v) is 4.30. The van der Waals surface area contributed by atoms with Crippen LogP contribution < -0.4 is 5.32 Å². The molecule has 8 heteroatoms. The fourth-order valence-corrected chi connectivity index (χ4v) is 1.91. The van der Waals surface area contributed by atoms with E-state index in [1.54, 1.807) is 6.07 Å². The number of anilines is 1. The number of nitrogens with zero attached hydrogens (tertiary/aromatic N) is 1. The molecule has 0 radical (unpaired) electrons. The molecule has 2 N–H and O–H groups in total. The Labute approximate surface area is 117 Å². The largest absolute Gasteiger partial charge is 0.478 e. The van der Waals surface area contributed by atoms with Gasteiger partial charge in [-0.2, -0.15) is 0 Å². The number of rotatable bonds is 5. The Balaban J connectivity index is 2.35. The Morgan fingerprint density at radius 3 is 2.80 bits per heavy atom. The van der Waals surface area contributed by atoms with Gasteiger partial charge in [0, 0.05) is 24.2 Å². The smallest absolute Gasteiger partial charge is 0.338 e. The van der Waals surface area contributed by atoms with Crippen LogP contribution in [0.15, 0.2) is 35.1 Å². The maximum absolute atomic E-state index is 11.2. The molecule has 0 spiro atoms. The average Bonchev–Trinajstić information content (AvgIpc) is 2.89. The third kappa shape index (κ3) is 2.89. The van der Waals surface area contributed by atoms with Crippen LogP contribution in [0.5, 0.6) is 0 Å². The SMILES string of the molecule is O=C(O)c1cc([N+](=O)[O-])cc(Cl)c1NCc1ccoc1. The summed E-state index contributed by atoms with van der Waals surface area (Å²) in [5.74, 6) is -1.30. The molecule has 20 heavy (non-hydrogen) atoms. The first-order chi connectivity index (χ1) is 9.49. The predicted molar refractivity (Wildman–Crippen MR) is 71.1 cm³/mol. The number of hydrogen-bond acceptors (Lipinski definition) is 5. The molecule has 0 atom stereocenters. The van der Waals surface area contributed by atoms with E-state index in [9.17, 15) is 14.9 Å². The Bertz CT molecular complexity index is 654. The van der Waals surface area contributed by atoms with E-state index in [0.29, 0.717) is 0 Å². The summed E-state index contributed by atoms with van der Waals surface area (Å²) in [7, 11) is 0. The van der Waals surface area contributed by atoms with Gasteiger partial charge in [0.2, 0.25) is 0 Å². The molecule has 1 aromatic heterocycles. The second kappa shape index (κ2) is 5.62. The molecule has 0 aliphatic carbocycles. The standard InChI is InChI=1S/C12H9ClN2O5/c13-10-4-8(15(18)19)3-9(12(16)17)11(10)14-5-7-1-2-20-6-7/h1-4,6,14H,5H2,(H,16,17). The Morgan fingerprint density at radius 1 is 1.50 bits per heavy atom. The van der Waals surface area contributed by atoms with Crippen LogP contribution in [-0.4, -0.2) is 16.0 Å². The maximum Gasteiger partial charge on any atom is 0.338 e. The van der Waals surface area contributed by atoms with Gasteiger partial charge in [0.1, 0.15) is 0 Å². The molecule has 2 rings (SSSR count). The molecular weight excluding hydrogens is 288 g/mol. The molecule has 7 nitrogen and oxygen atoms in total. The number of carbonyl (C=O) groups is 1. The molecule has 0 fully saturated rings. The van der Waals surface area contributed by atoms with Crippen molar-refractivity contribution in [2.24, 2.45) is 0 Å². The van der Waals surface area contributed by atoms with E-state index in [-0.39, 0.29) is 28.5 Å². The van der Waals surface area contributed by atoms with Crippen molar-refractivity contribution in [1.29, 1.82) is 0 Å². The fourth-order valence-electron chi connectivity index (χ4n) is 1.63. The zero-order valence-electron chi connectivity index (χ0n) is 10.00. The van der Waals surface area contributed by atoms with Crippen LogP contribution in [0.3, 0.4) is 0 Å². The van der Waals surface area contributed by atoms with Crippen LogP contribution in [0, 0.1) is 10.1 Å². The van der Waals surface area contributed by atoms with Crippen LogP contribution in [0.2, 0.25) is 5.02 Å². The number of benzene rings is 1. The van der Waals surface area contributed by atoms with E-state index in [1.807, 2.05) is 0 Å².